The highest BCUT2D eigenvalue weighted by molar-refractivity contribution is 5.94. The van der Waals surface area contributed by atoms with Gasteiger partial charge in [-0.05, 0) is 24.5 Å². The Bertz CT molecular complexity index is 801. The van der Waals surface area contributed by atoms with Crippen LogP contribution < -0.4 is 4.74 Å². The number of carbonyl (C=O) groups is 3. The predicted octanol–water partition coefficient (Wildman–Crippen LogP) is 2.12. The minimum Gasteiger partial charge on any atom is -0.492 e. The number of ether oxygens (including phenoxy) is 1. The average molecular weight is 433 g/mol. The highest BCUT2D eigenvalue weighted by atomic mass is 19.4. The van der Waals surface area contributed by atoms with Crippen LogP contribution in [0.3, 0.4) is 0 Å². The van der Waals surface area contributed by atoms with E-state index in [0.717, 1.165) is 17.7 Å². The zero-order valence-electron chi connectivity index (χ0n) is 16.1. The van der Waals surface area contributed by atoms with Gasteiger partial charge < -0.3 is 20.1 Å². The van der Waals surface area contributed by atoms with Gasteiger partial charge in [0.05, 0.1) is 10.8 Å². The Morgan fingerprint density at radius 3 is 2.00 bits per heavy atom. The first-order valence-electron chi connectivity index (χ1n) is 9.09. The fourth-order valence-corrected chi connectivity index (χ4v) is 3.78. The number of aryl methyl sites for hydroxylation is 1. The SMILES string of the molecule is CCc1ccccc1OCCN1C[C@@]2(C(=O)O)C[C@@]2(C(=O)O)C1.O=C(O)C(F)(F)F. The first-order chi connectivity index (χ1) is 13.9. The highest BCUT2D eigenvalue weighted by Crippen LogP contribution is 2.68. The standard InChI is InChI=1S/C17H21NO5.C2HF3O2/c1-2-12-5-3-4-6-13(12)23-8-7-18-10-16(14(19)20)9-17(16,11-18)15(21)22;3-2(4,5)1(6)7/h3-6H,2,7-11H2,1H3,(H,19,20)(H,21,22);(H,6,7)/t16-,17+;. The third-order valence-electron chi connectivity index (χ3n) is 5.46. The molecule has 1 aliphatic carbocycles. The van der Waals surface area contributed by atoms with Crippen molar-refractivity contribution >= 4 is 17.9 Å². The summed E-state index contributed by atoms with van der Waals surface area (Å²) in [6.07, 6.45) is -3.97. The number of nitrogens with zero attached hydrogens (tertiary/aromatic N) is 1. The van der Waals surface area contributed by atoms with Crippen molar-refractivity contribution in [2.45, 2.75) is 25.9 Å². The van der Waals surface area contributed by atoms with Gasteiger partial charge >= 0.3 is 24.1 Å². The molecule has 1 aromatic carbocycles. The number of piperidine rings is 1. The maximum Gasteiger partial charge on any atom is 0.490 e. The van der Waals surface area contributed by atoms with E-state index in [0.29, 0.717) is 13.2 Å². The lowest BCUT2D eigenvalue weighted by molar-refractivity contribution is -0.192. The maximum atomic E-state index is 11.5. The van der Waals surface area contributed by atoms with Crippen molar-refractivity contribution < 1.29 is 47.6 Å². The van der Waals surface area contributed by atoms with Crippen LogP contribution in [0.5, 0.6) is 5.75 Å². The Balaban J connectivity index is 0.000000396. The van der Waals surface area contributed by atoms with Crippen LogP contribution in [0.2, 0.25) is 0 Å². The number of hydrogen-bond acceptors (Lipinski definition) is 5. The van der Waals surface area contributed by atoms with Gasteiger partial charge in [-0.25, -0.2) is 4.79 Å². The number of aliphatic carboxylic acids is 3. The van der Waals surface area contributed by atoms with Crippen molar-refractivity contribution in [3.8, 4) is 5.75 Å². The van der Waals surface area contributed by atoms with Crippen LogP contribution >= 0.6 is 0 Å². The number of halogens is 3. The molecule has 8 nitrogen and oxygen atoms in total. The molecule has 2 aliphatic rings. The Labute approximate surface area is 169 Å². The van der Waals surface area contributed by atoms with Gasteiger partial charge in [0.25, 0.3) is 0 Å². The Morgan fingerprint density at radius 2 is 1.57 bits per heavy atom. The topological polar surface area (TPSA) is 124 Å². The van der Waals surface area contributed by atoms with Crippen LogP contribution in [-0.2, 0) is 20.8 Å². The number of alkyl halides is 3. The van der Waals surface area contributed by atoms with Crippen LogP contribution in [-0.4, -0.2) is 70.5 Å². The summed E-state index contributed by atoms with van der Waals surface area (Å²) < 4.78 is 37.5. The van der Waals surface area contributed by atoms with Gasteiger partial charge in [0, 0.05) is 19.6 Å². The van der Waals surface area contributed by atoms with Gasteiger partial charge in [-0.1, -0.05) is 25.1 Å². The van der Waals surface area contributed by atoms with E-state index in [-0.39, 0.29) is 19.5 Å². The van der Waals surface area contributed by atoms with E-state index in [1.54, 1.807) is 0 Å². The molecule has 0 unspecified atom stereocenters. The second-order valence-electron chi connectivity index (χ2n) is 7.27. The lowest BCUT2D eigenvalue weighted by Crippen LogP contribution is -2.32. The molecular weight excluding hydrogens is 411 g/mol. The monoisotopic (exact) mass is 433 g/mol. The molecule has 0 amide bonds. The molecule has 1 saturated heterocycles. The van der Waals surface area contributed by atoms with Crippen LogP contribution in [0.15, 0.2) is 24.3 Å². The largest absolute Gasteiger partial charge is 0.492 e. The molecule has 1 saturated carbocycles. The van der Waals surface area contributed by atoms with Crippen molar-refractivity contribution in [2.75, 3.05) is 26.2 Å². The summed E-state index contributed by atoms with van der Waals surface area (Å²) in [5.41, 5.74) is -1.10. The van der Waals surface area contributed by atoms with Crippen LogP contribution in [0, 0.1) is 10.8 Å². The summed E-state index contributed by atoms with van der Waals surface area (Å²) in [5, 5.41) is 25.9. The molecule has 1 aromatic rings. The normalized spacial score (nSPS) is 24.9. The first-order valence-corrected chi connectivity index (χ1v) is 9.09. The minimum atomic E-state index is -5.08. The molecule has 3 rings (SSSR count). The summed E-state index contributed by atoms with van der Waals surface area (Å²) in [6, 6.07) is 7.81. The fraction of sp³-hybridized carbons (Fsp3) is 0.526. The summed E-state index contributed by atoms with van der Waals surface area (Å²) in [7, 11) is 0. The van der Waals surface area contributed by atoms with Gasteiger partial charge in [-0.15, -0.1) is 0 Å². The summed E-state index contributed by atoms with van der Waals surface area (Å²) >= 11 is 0. The minimum absolute atomic E-state index is 0.237. The number of carboxylic acids is 3. The van der Waals surface area contributed by atoms with E-state index >= 15 is 0 Å². The van der Waals surface area contributed by atoms with Crippen molar-refractivity contribution in [2.24, 2.45) is 10.8 Å². The summed E-state index contributed by atoms with van der Waals surface area (Å²) in [5.74, 6) is -3.92. The number of rotatable bonds is 7. The molecular formula is C19H22F3NO7. The van der Waals surface area contributed by atoms with Crippen molar-refractivity contribution in [3.63, 3.8) is 0 Å². The second-order valence-corrected chi connectivity index (χ2v) is 7.27. The van der Waals surface area contributed by atoms with Gasteiger partial charge in [0.1, 0.15) is 12.4 Å². The Kier molecular flexibility index (Phi) is 6.65. The van der Waals surface area contributed by atoms with E-state index < -0.39 is 34.9 Å². The third-order valence-corrected chi connectivity index (χ3v) is 5.46. The van der Waals surface area contributed by atoms with Crippen molar-refractivity contribution in [1.82, 2.24) is 4.90 Å². The summed E-state index contributed by atoms with van der Waals surface area (Å²) in [6.45, 7) is 3.58. The van der Waals surface area contributed by atoms with Crippen molar-refractivity contribution in [1.29, 1.82) is 0 Å². The number of hydrogen-bond donors (Lipinski definition) is 3. The van der Waals surface area contributed by atoms with Crippen LogP contribution in [0.1, 0.15) is 18.9 Å². The number of para-hydroxylation sites is 1. The lowest BCUT2D eigenvalue weighted by atomic mass is 9.97. The number of likely N-dealkylation sites (tertiary alicyclic amines) is 1. The van der Waals surface area contributed by atoms with Gasteiger partial charge in [-0.2, -0.15) is 13.2 Å². The molecule has 1 heterocycles. The number of fused-ring (bicyclic) bond motifs is 1. The zero-order valence-corrected chi connectivity index (χ0v) is 16.1. The molecule has 11 heteroatoms. The lowest BCUT2D eigenvalue weighted by Gasteiger charge is -2.20. The van der Waals surface area contributed by atoms with E-state index in [4.69, 9.17) is 14.6 Å². The van der Waals surface area contributed by atoms with Gasteiger partial charge in [-0.3, -0.25) is 14.5 Å². The number of benzene rings is 1. The number of carboxylic acid groups (broad SMARTS) is 3. The molecule has 0 aromatic heterocycles. The molecule has 30 heavy (non-hydrogen) atoms. The maximum absolute atomic E-state index is 11.5. The van der Waals surface area contributed by atoms with Crippen molar-refractivity contribution in [3.05, 3.63) is 29.8 Å². The van der Waals surface area contributed by atoms with Gasteiger partial charge in [0.15, 0.2) is 0 Å². The van der Waals surface area contributed by atoms with Gasteiger partial charge in [0.2, 0.25) is 0 Å². The fourth-order valence-electron chi connectivity index (χ4n) is 3.78. The summed E-state index contributed by atoms with van der Waals surface area (Å²) in [4.78, 5) is 33.7. The quantitative estimate of drug-likeness (QED) is 0.597. The molecule has 2 fully saturated rings. The third kappa shape index (κ3) is 4.50. The molecule has 2 atom stereocenters. The van der Waals surface area contributed by atoms with Crippen LogP contribution in [0.25, 0.3) is 0 Å². The van der Waals surface area contributed by atoms with Crippen LogP contribution in [0.4, 0.5) is 13.2 Å². The van der Waals surface area contributed by atoms with E-state index in [1.165, 1.54) is 0 Å². The smallest absolute Gasteiger partial charge is 0.490 e. The second kappa shape index (κ2) is 8.50. The predicted molar refractivity (Wildman–Crippen MR) is 96.2 cm³/mol. The zero-order chi connectivity index (χ0) is 22.7. The first kappa shape index (κ1) is 23.5. The molecule has 0 bridgehead atoms. The molecule has 0 spiro atoms. The molecule has 166 valence electrons. The Hall–Kier alpha value is -2.82. The Morgan fingerprint density at radius 1 is 1.07 bits per heavy atom. The van der Waals surface area contributed by atoms with E-state index in [9.17, 15) is 33.0 Å². The molecule has 0 radical (unpaired) electrons. The average Bonchev–Trinajstić information content (AvgIpc) is 3.20. The van der Waals surface area contributed by atoms with E-state index in [2.05, 4.69) is 6.92 Å². The molecule has 1 aliphatic heterocycles. The highest BCUT2D eigenvalue weighted by Gasteiger charge is 2.80. The van der Waals surface area contributed by atoms with E-state index in [1.807, 2.05) is 29.2 Å². The molecule has 3 N–H and O–H groups in total.